The average molecular weight is 378 g/mol. The van der Waals surface area contributed by atoms with E-state index in [2.05, 4.69) is 12.2 Å². The Bertz CT molecular complexity index is 305. The smallest absolute Gasteiger partial charge is 0.347 e. The summed E-state index contributed by atoms with van der Waals surface area (Å²) in [5.74, 6) is -6.68. The zero-order valence-electron chi connectivity index (χ0n) is 16.8. The molecule has 158 valence electrons. The number of unbranched alkanes of at least 4 members (excludes halogenated alkanes) is 15. The van der Waals surface area contributed by atoms with E-state index in [0.29, 0.717) is 6.42 Å². The van der Waals surface area contributed by atoms with Crippen molar-refractivity contribution in [3.8, 4) is 0 Å². The summed E-state index contributed by atoms with van der Waals surface area (Å²) in [6.07, 6.45) is 20.1. The van der Waals surface area contributed by atoms with Gasteiger partial charge in [0.2, 0.25) is 0 Å². The molecule has 0 spiro atoms. The third-order valence-corrected chi connectivity index (χ3v) is 4.87. The lowest BCUT2D eigenvalue weighted by molar-refractivity contribution is -0.455. The average Bonchev–Trinajstić information content (AvgIpc) is 2.56. The molecule has 26 heavy (non-hydrogen) atoms. The SMILES string of the molecule is CCCCCCCCCCCCCCCCCCNC(O)(O)C(O)(O)O. The molecule has 6 heteroatoms. The molecular weight excluding hydrogens is 334 g/mol. The summed E-state index contributed by atoms with van der Waals surface area (Å²) in [6.45, 7) is 2.44. The molecule has 0 fully saturated rings. The molecule has 0 saturated carbocycles. The van der Waals surface area contributed by atoms with Crippen LogP contribution in [0.15, 0.2) is 0 Å². The highest BCUT2D eigenvalue weighted by Gasteiger charge is 2.46. The quantitative estimate of drug-likeness (QED) is 0.152. The van der Waals surface area contributed by atoms with Crippen LogP contribution in [0.3, 0.4) is 0 Å². The monoisotopic (exact) mass is 377 g/mol. The van der Waals surface area contributed by atoms with E-state index in [9.17, 15) is 10.2 Å². The Labute approximate surface area is 159 Å². The van der Waals surface area contributed by atoms with Crippen molar-refractivity contribution in [2.75, 3.05) is 6.54 Å². The van der Waals surface area contributed by atoms with E-state index >= 15 is 0 Å². The van der Waals surface area contributed by atoms with E-state index in [1.165, 1.54) is 83.5 Å². The normalized spacial score (nSPS) is 12.7. The molecule has 0 bridgehead atoms. The van der Waals surface area contributed by atoms with E-state index in [-0.39, 0.29) is 6.54 Å². The Balaban J connectivity index is 3.21. The summed E-state index contributed by atoms with van der Waals surface area (Å²) in [7, 11) is 0. The lowest BCUT2D eigenvalue weighted by Crippen LogP contribution is -2.63. The maximum Gasteiger partial charge on any atom is 0.348 e. The minimum absolute atomic E-state index is 0.189. The molecule has 6 N–H and O–H groups in total. The first kappa shape index (κ1) is 25.8. The second kappa shape index (κ2) is 15.8. The predicted molar refractivity (Wildman–Crippen MR) is 104 cm³/mol. The van der Waals surface area contributed by atoms with Crippen LogP contribution >= 0.6 is 0 Å². The number of hydrogen-bond donors (Lipinski definition) is 6. The number of nitrogens with one attached hydrogen (secondary N) is 1. The van der Waals surface area contributed by atoms with Gasteiger partial charge in [-0.05, 0) is 6.42 Å². The van der Waals surface area contributed by atoms with Crippen LogP contribution < -0.4 is 5.32 Å². The topological polar surface area (TPSA) is 113 Å². The molecule has 0 rings (SSSR count). The van der Waals surface area contributed by atoms with Gasteiger partial charge < -0.3 is 25.5 Å². The largest absolute Gasteiger partial charge is 0.348 e. The van der Waals surface area contributed by atoms with Gasteiger partial charge in [-0.3, -0.25) is 5.32 Å². The van der Waals surface area contributed by atoms with Crippen LogP contribution in [0, 0.1) is 0 Å². The fraction of sp³-hybridized carbons (Fsp3) is 1.00. The molecule has 0 aromatic rings. The number of aliphatic hydroxyl groups is 5. The fourth-order valence-electron chi connectivity index (χ4n) is 3.05. The van der Waals surface area contributed by atoms with Crippen molar-refractivity contribution in [1.82, 2.24) is 5.32 Å². The van der Waals surface area contributed by atoms with E-state index in [1.54, 1.807) is 0 Å². The summed E-state index contributed by atoms with van der Waals surface area (Å²) in [5, 5.41) is 46.6. The van der Waals surface area contributed by atoms with E-state index < -0.39 is 11.9 Å². The molecule has 0 radical (unpaired) electrons. The second-order valence-electron chi connectivity index (χ2n) is 7.54. The molecule has 0 amide bonds. The Morgan fingerprint density at radius 1 is 0.500 bits per heavy atom. The Hall–Kier alpha value is -0.240. The maximum absolute atomic E-state index is 9.17. The van der Waals surface area contributed by atoms with Crippen LogP contribution in [0.4, 0.5) is 0 Å². The van der Waals surface area contributed by atoms with E-state index in [1.807, 2.05) is 0 Å². The van der Waals surface area contributed by atoms with Crippen LogP contribution in [0.5, 0.6) is 0 Å². The molecule has 0 aliphatic heterocycles. The van der Waals surface area contributed by atoms with Crippen molar-refractivity contribution in [3.05, 3.63) is 0 Å². The Morgan fingerprint density at radius 3 is 1.12 bits per heavy atom. The minimum Gasteiger partial charge on any atom is -0.347 e. The van der Waals surface area contributed by atoms with Crippen molar-refractivity contribution >= 4 is 0 Å². The van der Waals surface area contributed by atoms with Gasteiger partial charge in [0.15, 0.2) is 0 Å². The van der Waals surface area contributed by atoms with E-state index in [0.717, 1.165) is 12.8 Å². The van der Waals surface area contributed by atoms with E-state index in [4.69, 9.17) is 15.3 Å². The Kier molecular flexibility index (Phi) is 15.6. The van der Waals surface area contributed by atoms with Gasteiger partial charge in [-0.2, -0.15) is 0 Å². The first-order valence-corrected chi connectivity index (χ1v) is 10.7. The lowest BCUT2D eigenvalue weighted by Gasteiger charge is -2.30. The number of rotatable bonds is 19. The van der Waals surface area contributed by atoms with Gasteiger partial charge in [0, 0.05) is 6.54 Å². The summed E-state index contributed by atoms with van der Waals surface area (Å²) in [5.41, 5.74) is 0. The standard InChI is InChI=1S/C20H43NO5/c1-2-3-4-5-6-7-8-9-10-11-12-13-14-15-16-17-18-21-19(22,23)20(24,25)26/h21-26H,2-18H2,1H3. The predicted octanol–water partition coefficient (Wildman–Crippen LogP) is 3.11. The van der Waals surface area contributed by atoms with Gasteiger partial charge in [-0.15, -0.1) is 0 Å². The molecule has 0 heterocycles. The van der Waals surface area contributed by atoms with Gasteiger partial charge >= 0.3 is 11.9 Å². The third-order valence-electron chi connectivity index (χ3n) is 4.87. The molecule has 0 aromatic heterocycles. The van der Waals surface area contributed by atoms with Crippen molar-refractivity contribution in [1.29, 1.82) is 0 Å². The molecule has 6 nitrogen and oxygen atoms in total. The first-order valence-electron chi connectivity index (χ1n) is 10.7. The van der Waals surface area contributed by atoms with Gasteiger partial charge in [0.05, 0.1) is 0 Å². The zero-order chi connectivity index (χ0) is 19.7. The molecule has 0 aromatic carbocycles. The van der Waals surface area contributed by atoms with Crippen molar-refractivity contribution in [2.24, 2.45) is 0 Å². The fourth-order valence-corrected chi connectivity index (χ4v) is 3.05. The van der Waals surface area contributed by atoms with Crippen LogP contribution in [0.2, 0.25) is 0 Å². The highest BCUT2D eigenvalue weighted by molar-refractivity contribution is 4.69. The molecular formula is C20H43NO5. The highest BCUT2D eigenvalue weighted by Crippen LogP contribution is 2.14. The maximum atomic E-state index is 9.17. The highest BCUT2D eigenvalue weighted by atomic mass is 16.7. The van der Waals surface area contributed by atoms with Gasteiger partial charge in [-0.1, -0.05) is 103 Å². The lowest BCUT2D eigenvalue weighted by atomic mass is 10.0. The second-order valence-corrected chi connectivity index (χ2v) is 7.54. The van der Waals surface area contributed by atoms with Crippen LogP contribution in [0.25, 0.3) is 0 Å². The minimum atomic E-state index is -3.57. The molecule has 0 unspecified atom stereocenters. The summed E-state index contributed by atoms with van der Waals surface area (Å²) in [4.78, 5) is 0. The van der Waals surface area contributed by atoms with Crippen LogP contribution in [-0.2, 0) is 0 Å². The molecule has 0 saturated heterocycles. The van der Waals surface area contributed by atoms with Crippen LogP contribution in [-0.4, -0.2) is 44.0 Å². The summed E-state index contributed by atoms with van der Waals surface area (Å²) >= 11 is 0. The summed E-state index contributed by atoms with van der Waals surface area (Å²) < 4.78 is 0. The molecule has 0 atom stereocenters. The van der Waals surface area contributed by atoms with Crippen molar-refractivity contribution < 1.29 is 25.5 Å². The molecule has 0 aliphatic carbocycles. The number of hydrogen-bond acceptors (Lipinski definition) is 6. The molecule has 0 aliphatic rings. The Morgan fingerprint density at radius 2 is 0.808 bits per heavy atom. The zero-order valence-corrected chi connectivity index (χ0v) is 16.8. The van der Waals surface area contributed by atoms with Gasteiger partial charge in [0.25, 0.3) is 0 Å². The van der Waals surface area contributed by atoms with Gasteiger partial charge in [-0.25, -0.2) is 0 Å². The first-order chi connectivity index (χ1) is 12.3. The summed E-state index contributed by atoms with van der Waals surface area (Å²) in [6, 6.07) is 0. The van der Waals surface area contributed by atoms with Crippen LogP contribution in [0.1, 0.15) is 110 Å². The van der Waals surface area contributed by atoms with Gasteiger partial charge in [0.1, 0.15) is 0 Å². The third kappa shape index (κ3) is 14.9. The van der Waals surface area contributed by atoms with Crippen molar-refractivity contribution in [2.45, 2.75) is 122 Å². The van der Waals surface area contributed by atoms with Crippen molar-refractivity contribution in [3.63, 3.8) is 0 Å².